The van der Waals surface area contributed by atoms with Gasteiger partial charge in [-0.25, -0.2) is 4.79 Å². The molecule has 0 saturated carbocycles. The second-order valence-corrected chi connectivity index (χ2v) is 5.23. The fourth-order valence-corrected chi connectivity index (χ4v) is 2.36. The highest BCUT2D eigenvalue weighted by atomic mass is 16.5. The van der Waals surface area contributed by atoms with Crippen LogP contribution in [0.3, 0.4) is 0 Å². The minimum atomic E-state index is -0.620. The number of hydrogen-bond donors (Lipinski definition) is 2. The lowest BCUT2D eigenvalue weighted by Crippen LogP contribution is -2.42. The van der Waals surface area contributed by atoms with Gasteiger partial charge in [0.1, 0.15) is 0 Å². The van der Waals surface area contributed by atoms with Crippen LogP contribution in [-0.2, 0) is 20.7 Å². The molecular formula is C17H19N3O4. The first kappa shape index (κ1) is 17.4. The zero-order chi connectivity index (χ0) is 17.7. The molecule has 1 aromatic heterocycles. The summed E-state index contributed by atoms with van der Waals surface area (Å²) in [5.74, 6) is -1.64. The number of ether oxygens (including phenoxy) is 1. The quantitative estimate of drug-likeness (QED) is 0.653. The molecule has 0 spiro atoms. The number of benzene rings is 1. The number of nitrogens with one attached hydrogen (secondary N) is 2. The average Bonchev–Trinajstić information content (AvgIpc) is 2.57. The highest BCUT2D eigenvalue weighted by Gasteiger charge is 2.19. The van der Waals surface area contributed by atoms with Gasteiger partial charge in [0.2, 0.25) is 5.91 Å². The van der Waals surface area contributed by atoms with Crippen LogP contribution >= 0.6 is 0 Å². The van der Waals surface area contributed by atoms with Crippen LogP contribution in [0.2, 0.25) is 0 Å². The Balaban J connectivity index is 2.24. The Morgan fingerprint density at radius 1 is 1.17 bits per heavy atom. The number of amides is 2. The van der Waals surface area contributed by atoms with Gasteiger partial charge in [-0.3, -0.25) is 25.4 Å². The third kappa shape index (κ3) is 3.87. The third-order valence-electron chi connectivity index (χ3n) is 3.49. The summed E-state index contributed by atoms with van der Waals surface area (Å²) in [6.45, 7) is 4.54. The van der Waals surface area contributed by atoms with Crippen molar-refractivity contribution in [1.29, 1.82) is 0 Å². The first-order valence-electron chi connectivity index (χ1n) is 7.54. The molecule has 0 fully saturated rings. The first-order valence-corrected chi connectivity index (χ1v) is 7.54. The number of esters is 1. The van der Waals surface area contributed by atoms with Gasteiger partial charge < -0.3 is 4.74 Å². The summed E-state index contributed by atoms with van der Waals surface area (Å²) in [5.41, 5.74) is 6.92. The van der Waals surface area contributed by atoms with E-state index in [1.54, 1.807) is 6.07 Å². The van der Waals surface area contributed by atoms with E-state index in [4.69, 9.17) is 4.74 Å². The van der Waals surface area contributed by atoms with Crippen LogP contribution in [-0.4, -0.2) is 29.4 Å². The molecule has 2 aromatic rings. The molecule has 0 unspecified atom stereocenters. The summed E-state index contributed by atoms with van der Waals surface area (Å²) in [4.78, 5) is 39.3. The summed E-state index contributed by atoms with van der Waals surface area (Å²) in [7, 11) is 0. The fraction of sp³-hybridized carbons (Fsp3) is 0.294. The van der Waals surface area contributed by atoms with Gasteiger partial charge in [0.15, 0.2) is 6.61 Å². The van der Waals surface area contributed by atoms with E-state index in [1.807, 2.05) is 32.0 Å². The number of aromatic nitrogens is 1. The molecule has 0 saturated heterocycles. The molecule has 1 aromatic carbocycles. The van der Waals surface area contributed by atoms with Crippen molar-refractivity contribution in [3.63, 3.8) is 0 Å². The summed E-state index contributed by atoms with van der Waals surface area (Å²) >= 11 is 0. The van der Waals surface area contributed by atoms with E-state index >= 15 is 0 Å². The molecule has 0 bridgehead atoms. The number of rotatable bonds is 4. The molecule has 0 aliphatic heterocycles. The molecule has 24 heavy (non-hydrogen) atoms. The minimum Gasteiger partial charge on any atom is -0.452 e. The van der Waals surface area contributed by atoms with Gasteiger partial charge in [-0.2, -0.15) is 0 Å². The number of carbonyl (C=O) groups excluding carboxylic acids is 3. The molecule has 1 heterocycles. The molecule has 2 amide bonds. The second-order valence-electron chi connectivity index (χ2n) is 5.23. The molecule has 0 aliphatic carbocycles. The van der Waals surface area contributed by atoms with Crippen molar-refractivity contribution in [2.24, 2.45) is 0 Å². The molecule has 7 nitrogen and oxygen atoms in total. The smallest absolute Gasteiger partial charge is 0.339 e. The number of aryl methyl sites for hydroxylation is 1. The maximum Gasteiger partial charge on any atom is 0.339 e. The van der Waals surface area contributed by atoms with Gasteiger partial charge in [0.25, 0.3) is 5.91 Å². The van der Waals surface area contributed by atoms with Crippen LogP contribution in [0.15, 0.2) is 24.3 Å². The van der Waals surface area contributed by atoms with E-state index in [0.29, 0.717) is 22.9 Å². The van der Waals surface area contributed by atoms with Crippen LogP contribution in [0.25, 0.3) is 10.9 Å². The van der Waals surface area contributed by atoms with E-state index < -0.39 is 24.4 Å². The first-order chi connectivity index (χ1) is 11.4. The van der Waals surface area contributed by atoms with Gasteiger partial charge >= 0.3 is 5.97 Å². The van der Waals surface area contributed by atoms with Gasteiger partial charge in [-0.15, -0.1) is 0 Å². The van der Waals surface area contributed by atoms with Gasteiger partial charge in [-0.1, -0.05) is 25.1 Å². The van der Waals surface area contributed by atoms with Crippen molar-refractivity contribution >= 4 is 28.7 Å². The standard InChI is InChI=1S/C17H19N3O4/c1-4-13-10(2)16(12-7-5-6-8-14(12)18-13)17(23)24-9-15(22)20-19-11(3)21/h5-8H,4,9H2,1-3H3,(H,19,21)(H,20,22). The van der Waals surface area contributed by atoms with Crippen LogP contribution < -0.4 is 10.9 Å². The molecule has 2 N–H and O–H groups in total. The van der Waals surface area contributed by atoms with Crippen molar-refractivity contribution in [2.45, 2.75) is 27.2 Å². The summed E-state index contributed by atoms with van der Waals surface area (Å²) < 4.78 is 5.08. The Hall–Kier alpha value is -2.96. The number of nitrogens with zero attached hydrogens (tertiary/aromatic N) is 1. The molecule has 0 radical (unpaired) electrons. The van der Waals surface area contributed by atoms with E-state index in [2.05, 4.69) is 15.8 Å². The average molecular weight is 329 g/mol. The van der Waals surface area contributed by atoms with Gasteiger partial charge in [0, 0.05) is 18.0 Å². The summed E-state index contributed by atoms with van der Waals surface area (Å²) in [5, 5.41) is 0.680. The number of hydrogen-bond acceptors (Lipinski definition) is 5. The fourth-order valence-electron chi connectivity index (χ4n) is 2.36. The number of pyridine rings is 1. The predicted molar refractivity (Wildman–Crippen MR) is 88.1 cm³/mol. The van der Waals surface area contributed by atoms with Crippen molar-refractivity contribution in [2.75, 3.05) is 6.61 Å². The van der Waals surface area contributed by atoms with E-state index in [9.17, 15) is 14.4 Å². The van der Waals surface area contributed by atoms with Gasteiger partial charge in [0.05, 0.1) is 11.1 Å². The predicted octanol–water partition coefficient (Wildman–Crippen LogP) is 1.43. The molecule has 126 valence electrons. The zero-order valence-electron chi connectivity index (χ0n) is 13.8. The Morgan fingerprint density at radius 2 is 1.88 bits per heavy atom. The topological polar surface area (TPSA) is 97.4 Å². The molecule has 7 heteroatoms. The third-order valence-corrected chi connectivity index (χ3v) is 3.49. The lowest BCUT2D eigenvalue weighted by atomic mass is 10.0. The van der Waals surface area contributed by atoms with E-state index in [-0.39, 0.29) is 0 Å². The van der Waals surface area contributed by atoms with Crippen molar-refractivity contribution in [3.05, 3.63) is 41.1 Å². The zero-order valence-corrected chi connectivity index (χ0v) is 13.8. The van der Waals surface area contributed by atoms with Crippen LogP contribution in [0.4, 0.5) is 0 Å². The molecule has 0 atom stereocenters. The Morgan fingerprint density at radius 3 is 2.54 bits per heavy atom. The van der Waals surface area contributed by atoms with Crippen LogP contribution in [0, 0.1) is 6.92 Å². The van der Waals surface area contributed by atoms with E-state index in [0.717, 1.165) is 11.3 Å². The molecule has 0 aliphatic rings. The Kier molecular flexibility index (Phi) is 5.47. The highest BCUT2D eigenvalue weighted by molar-refractivity contribution is 6.05. The highest BCUT2D eigenvalue weighted by Crippen LogP contribution is 2.24. The van der Waals surface area contributed by atoms with Crippen LogP contribution in [0.5, 0.6) is 0 Å². The molecule has 2 rings (SSSR count). The number of carbonyl (C=O) groups is 3. The normalized spacial score (nSPS) is 10.3. The van der Waals surface area contributed by atoms with Crippen molar-refractivity contribution < 1.29 is 19.1 Å². The number of hydrazine groups is 1. The second kappa shape index (κ2) is 7.54. The minimum absolute atomic E-state index is 0.407. The lowest BCUT2D eigenvalue weighted by molar-refractivity contribution is -0.129. The van der Waals surface area contributed by atoms with E-state index in [1.165, 1.54) is 6.92 Å². The van der Waals surface area contributed by atoms with Crippen molar-refractivity contribution in [1.82, 2.24) is 15.8 Å². The van der Waals surface area contributed by atoms with Crippen molar-refractivity contribution in [3.8, 4) is 0 Å². The SMILES string of the molecule is CCc1nc2ccccc2c(C(=O)OCC(=O)NNC(C)=O)c1C. The summed E-state index contributed by atoms with van der Waals surface area (Å²) in [6.07, 6.45) is 0.681. The maximum absolute atomic E-state index is 12.5. The monoisotopic (exact) mass is 329 g/mol. The lowest BCUT2D eigenvalue weighted by Gasteiger charge is -2.13. The van der Waals surface area contributed by atoms with Gasteiger partial charge in [-0.05, 0) is 25.0 Å². The largest absolute Gasteiger partial charge is 0.452 e. The number of fused-ring (bicyclic) bond motifs is 1. The molecular weight excluding hydrogens is 310 g/mol. The Bertz CT molecular complexity index is 802. The Labute approximate surface area is 139 Å². The number of para-hydroxylation sites is 1. The van der Waals surface area contributed by atoms with Crippen LogP contribution in [0.1, 0.15) is 35.5 Å². The maximum atomic E-state index is 12.5. The summed E-state index contributed by atoms with van der Waals surface area (Å²) in [6, 6.07) is 7.28.